The number of thiol groups is 1. The van der Waals surface area contributed by atoms with Crippen molar-refractivity contribution in [1.82, 2.24) is 0 Å². The third-order valence-electron chi connectivity index (χ3n) is 1.90. The van der Waals surface area contributed by atoms with Crippen LogP contribution in [0, 0.1) is 5.41 Å². The van der Waals surface area contributed by atoms with Crippen molar-refractivity contribution >= 4 is 12.6 Å². The molecule has 0 aromatic carbocycles. The van der Waals surface area contributed by atoms with Gasteiger partial charge in [-0.1, -0.05) is 20.8 Å². The van der Waals surface area contributed by atoms with Crippen LogP contribution in [0.5, 0.6) is 0 Å². The lowest BCUT2D eigenvalue weighted by Gasteiger charge is -2.30. The maximum Gasteiger partial charge on any atom is 0.522 e. The van der Waals surface area contributed by atoms with Gasteiger partial charge in [-0.15, -0.1) is 13.2 Å². The maximum atomic E-state index is 11.7. The Morgan fingerprint density at radius 1 is 1.31 bits per heavy atom. The molecule has 1 nitrogen and oxygen atoms in total. The van der Waals surface area contributed by atoms with Gasteiger partial charge in [0.25, 0.3) is 0 Å². The van der Waals surface area contributed by atoms with Crippen LogP contribution in [-0.2, 0) is 4.74 Å². The molecule has 0 fully saturated rings. The molecule has 13 heavy (non-hydrogen) atoms. The highest BCUT2D eigenvalue weighted by Crippen LogP contribution is 2.30. The van der Waals surface area contributed by atoms with Crippen molar-refractivity contribution in [2.45, 2.75) is 38.8 Å². The standard InChI is InChI=1S/C8H15F3OS/c1-4-6(13)7(2,3)5-12-8(9,10)11/h6,13H,4-5H2,1-3H3. The van der Waals surface area contributed by atoms with E-state index in [0.29, 0.717) is 0 Å². The number of rotatable bonds is 4. The summed E-state index contributed by atoms with van der Waals surface area (Å²) >= 11 is 4.19. The van der Waals surface area contributed by atoms with Crippen LogP contribution in [0.25, 0.3) is 0 Å². The predicted molar refractivity (Wildman–Crippen MR) is 48.9 cm³/mol. The van der Waals surface area contributed by atoms with E-state index in [0.717, 1.165) is 6.42 Å². The largest absolute Gasteiger partial charge is 0.522 e. The topological polar surface area (TPSA) is 9.23 Å². The number of halogens is 3. The summed E-state index contributed by atoms with van der Waals surface area (Å²) < 4.78 is 38.9. The van der Waals surface area contributed by atoms with Gasteiger partial charge in [-0.3, -0.25) is 4.74 Å². The van der Waals surface area contributed by atoms with E-state index in [-0.39, 0.29) is 11.9 Å². The molecule has 0 saturated heterocycles. The summed E-state index contributed by atoms with van der Waals surface area (Å²) in [5, 5.41) is -0.0881. The Bertz CT molecular complexity index is 156. The molecule has 0 aliphatic rings. The average Bonchev–Trinajstić information content (AvgIpc) is 1.98. The van der Waals surface area contributed by atoms with Crippen LogP contribution in [0.4, 0.5) is 13.2 Å². The second-order valence-corrected chi connectivity index (χ2v) is 4.27. The molecule has 80 valence electrons. The summed E-state index contributed by atoms with van der Waals surface area (Å²) in [6.07, 6.45) is -3.82. The van der Waals surface area contributed by atoms with Crippen molar-refractivity contribution in [2.24, 2.45) is 5.41 Å². The fourth-order valence-corrected chi connectivity index (χ4v) is 0.991. The highest BCUT2D eigenvalue weighted by Gasteiger charge is 2.34. The Hall–Kier alpha value is 0.100. The Kier molecular flexibility index (Phi) is 4.59. The predicted octanol–water partition coefficient (Wildman–Crippen LogP) is 3.26. The lowest BCUT2D eigenvalue weighted by atomic mass is 9.88. The highest BCUT2D eigenvalue weighted by atomic mass is 32.1. The quantitative estimate of drug-likeness (QED) is 0.710. The lowest BCUT2D eigenvalue weighted by molar-refractivity contribution is -0.332. The Morgan fingerprint density at radius 3 is 2.08 bits per heavy atom. The van der Waals surface area contributed by atoms with E-state index < -0.39 is 11.8 Å². The van der Waals surface area contributed by atoms with Gasteiger partial charge in [-0.05, 0) is 6.42 Å². The molecule has 0 radical (unpaired) electrons. The Balaban J connectivity index is 4.03. The van der Waals surface area contributed by atoms with Gasteiger partial charge in [-0.25, -0.2) is 0 Å². The number of alkyl halides is 3. The van der Waals surface area contributed by atoms with Crippen molar-refractivity contribution in [1.29, 1.82) is 0 Å². The van der Waals surface area contributed by atoms with Crippen molar-refractivity contribution in [2.75, 3.05) is 6.61 Å². The lowest BCUT2D eigenvalue weighted by Crippen LogP contribution is -2.32. The molecule has 0 amide bonds. The molecule has 5 heteroatoms. The molecule has 0 rings (SSSR count). The first-order valence-corrected chi connectivity index (χ1v) is 4.59. The monoisotopic (exact) mass is 216 g/mol. The van der Waals surface area contributed by atoms with E-state index in [1.54, 1.807) is 13.8 Å². The second-order valence-electron chi connectivity index (χ2n) is 3.65. The van der Waals surface area contributed by atoms with Gasteiger partial charge in [0.05, 0.1) is 6.61 Å². The average molecular weight is 216 g/mol. The fraction of sp³-hybridized carbons (Fsp3) is 1.00. The van der Waals surface area contributed by atoms with E-state index in [1.807, 2.05) is 6.92 Å². The van der Waals surface area contributed by atoms with E-state index in [2.05, 4.69) is 17.4 Å². The molecule has 0 aliphatic heterocycles. The summed E-state index contributed by atoms with van der Waals surface area (Å²) in [4.78, 5) is 0. The van der Waals surface area contributed by atoms with Gasteiger partial charge in [0.2, 0.25) is 0 Å². The van der Waals surface area contributed by atoms with Gasteiger partial charge >= 0.3 is 6.36 Å². The van der Waals surface area contributed by atoms with Crippen LogP contribution in [0.15, 0.2) is 0 Å². The van der Waals surface area contributed by atoms with E-state index in [1.165, 1.54) is 0 Å². The van der Waals surface area contributed by atoms with Crippen molar-refractivity contribution < 1.29 is 17.9 Å². The van der Waals surface area contributed by atoms with Crippen molar-refractivity contribution in [3.05, 3.63) is 0 Å². The van der Waals surface area contributed by atoms with Gasteiger partial charge in [0.1, 0.15) is 0 Å². The van der Waals surface area contributed by atoms with E-state index in [9.17, 15) is 13.2 Å². The summed E-state index contributed by atoms with van der Waals surface area (Å²) in [5.41, 5.74) is -0.562. The number of hydrogen-bond acceptors (Lipinski definition) is 2. The normalized spacial score (nSPS) is 15.9. The SMILES string of the molecule is CCC(S)C(C)(C)COC(F)(F)F. The Labute approximate surface area is 82.1 Å². The molecule has 0 aromatic heterocycles. The van der Waals surface area contributed by atoms with Crippen molar-refractivity contribution in [3.8, 4) is 0 Å². The van der Waals surface area contributed by atoms with Crippen LogP contribution in [0.1, 0.15) is 27.2 Å². The number of hydrogen-bond donors (Lipinski definition) is 1. The first-order chi connectivity index (χ1) is 5.69. The van der Waals surface area contributed by atoms with Gasteiger partial charge in [0, 0.05) is 10.7 Å². The molecule has 0 spiro atoms. The third-order valence-corrected chi connectivity index (χ3v) is 2.96. The van der Waals surface area contributed by atoms with E-state index in [4.69, 9.17) is 0 Å². The van der Waals surface area contributed by atoms with E-state index >= 15 is 0 Å². The minimum atomic E-state index is -4.54. The maximum absolute atomic E-state index is 11.7. The zero-order valence-electron chi connectivity index (χ0n) is 7.98. The van der Waals surface area contributed by atoms with Gasteiger partial charge in [-0.2, -0.15) is 12.6 Å². The molecule has 0 saturated carbocycles. The molecule has 0 aromatic rings. The summed E-state index contributed by atoms with van der Waals surface area (Å²) in [6, 6.07) is 0. The minimum absolute atomic E-state index is 0.0881. The van der Waals surface area contributed by atoms with Crippen LogP contribution in [-0.4, -0.2) is 18.2 Å². The smallest absolute Gasteiger partial charge is 0.291 e. The summed E-state index contributed by atoms with van der Waals surface area (Å²) in [5.74, 6) is 0. The van der Waals surface area contributed by atoms with Crippen LogP contribution in [0.2, 0.25) is 0 Å². The van der Waals surface area contributed by atoms with Gasteiger partial charge in [0.15, 0.2) is 0 Å². The minimum Gasteiger partial charge on any atom is -0.291 e. The van der Waals surface area contributed by atoms with Crippen molar-refractivity contribution in [3.63, 3.8) is 0 Å². The van der Waals surface area contributed by atoms with Crippen LogP contribution >= 0.6 is 12.6 Å². The zero-order valence-corrected chi connectivity index (χ0v) is 8.88. The number of ether oxygens (including phenoxy) is 1. The molecule has 1 atom stereocenters. The second kappa shape index (κ2) is 4.55. The first kappa shape index (κ1) is 13.1. The molecule has 0 N–H and O–H groups in total. The first-order valence-electron chi connectivity index (χ1n) is 4.08. The molecule has 0 heterocycles. The summed E-state index contributed by atoms with van der Waals surface area (Å²) in [6.45, 7) is 4.95. The van der Waals surface area contributed by atoms with Crippen LogP contribution < -0.4 is 0 Å². The van der Waals surface area contributed by atoms with Crippen LogP contribution in [0.3, 0.4) is 0 Å². The highest BCUT2D eigenvalue weighted by molar-refractivity contribution is 7.81. The fourth-order valence-electron chi connectivity index (χ4n) is 0.917. The molecule has 0 bridgehead atoms. The Morgan fingerprint density at radius 2 is 1.77 bits per heavy atom. The molecule has 0 aliphatic carbocycles. The summed E-state index contributed by atoms with van der Waals surface area (Å²) in [7, 11) is 0. The third kappa shape index (κ3) is 5.41. The van der Waals surface area contributed by atoms with Gasteiger partial charge < -0.3 is 0 Å². The zero-order chi connectivity index (χ0) is 10.7. The molecular weight excluding hydrogens is 201 g/mol. The molecule has 1 unspecified atom stereocenters. The molecular formula is C8H15F3OS.